The molecule has 0 aliphatic carbocycles. The second-order valence-corrected chi connectivity index (χ2v) is 5.95. The van der Waals surface area contributed by atoms with Gasteiger partial charge in [0.05, 0.1) is 0 Å². The molecule has 2 heteroatoms. The molecule has 2 nitrogen and oxygen atoms in total. The van der Waals surface area contributed by atoms with Crippen molar-refractivity contribution in [1.82, 2.24) is 4.90 Å². The highest BCUT2D eigenvalue weighted by Crippen LogP contribution is 2.26. The van der Waals surface area contributed by atoms with Crippen LogP contribution in [0.5, 0.6) is 0 Å². The van der Waals surface area contributed by atoms with Crippen LogP contribution in [0, 0.1) is 11.3 Å². The van der Waals surface area contributed by atoms with E-state index >= 15 is 0 Å². The highest BCUT2D eigenvalue weighted by Gasteiger charge is 2.29. The zero-order valence-electron chi connectivity index (χ0n) is 10.2. The van der Waals surface area contributed by atoms with Gasteiger partial charge in [0.25, 0.3) is 0 Å². The van der Waals surface area contributed by atoms with Gasteiger partial charge in [-0.05, 0) is 30.7 Å². The third-order valence-electron chi connectivity index (χ3n) is 3.15. The number of nitrogens with two attached hydrogens (primary N) is 1. The molecular formula is C12H26N2. The van der Waals surface area contributed by atoms with Gasteiger partial charge in [0, 0.05) is 19.1 Å². The molecule has 0 spiro atoms. The van der Waals surface area contributed by atoms with Crippen LogP contribution in [0.3, 0.4) is 0 Å². The molecule has 0 aromatic heterocycles. The van der Waals surface area contributed by atoms with Crippen LogP contribution in [0.2, 0.25) is 0 Å². The van der Waals surface area contributed by atoms with Gasteiger partial charge in [-0.2, -0.15) is 0 Å². The van der Waals surface area contributed by atoms with Crippen molar-refractivity contribution in [3.63, 3.8) is 0 Å². The van der Waals surface area contributed by atoms with E-state index in [1.165, 1.54) is 25.9 Å². The van der Waals surface area contributed by atoms with Crippen LogP contribution in [0.25, 0.3) is 0 Å². The molecule has 0 radical (unpaired) electrons. The molecule has 2 N–H and O–H groups in total. The van der Waals surface area contributed by atoms with E-state index in [4.69, 9.17) is 5.73 Å². The van der Waals surface area contributed by atoms with E-state index in [1.807, 2.05) is 0 Å². The van der Waals surface area contributed by atoms with Gasteiger partial charge in [-0.3, -0.25) is 4.90 Å². The number of nitrogens with zero attached hydrogens (tertiary/aromatic N) is 1. The molecule has 0 amide bonds. The maximum Gasteiger partial charge on any atom is 0.0244 e. The molecule has 1 aliphatic heterocycles. The fourth-order valence-electron chi connectivity index (χ4n) is 2.52. The highest BCUT2D eigenvalue weighted by atomic mass is 15.2. The van der Waals surface area contributed by atoms with Gasteiger partial charge in [0.15, 0.2) is 0 Å². The van der Waals surface area contributed by atoms with Crippen molar-refractivity contribution in [2.75, 3.05) is 19.6 Å². The number of piperidine rings is 1. The van der Waals surface area contributed by atoms with E-state index < -0.39 is 0 Å². The lowest BCUT2D eigenvalue weighted by atomic mass is 9.87. The number of hydrogen-bond acceptors (Lipinski definition) is 2. The number of rotatable bonds is 2. The van der Waals surface area contributed by atoms with Crippen LogP contribution in [-0.2, 0) is 0 Å². The van der Waals surface area contributed by atoms with E-state index in [9.17, 15) is 0 Å². The summed E-state index contributed by atoms with van der Waals surface area (Å²) < 4.78 is 0. The Kier molecular flexibility index (Phi) is 3.96. The first-order chi connectivity index (χ1) is 6.44. The molecule has 1 saturated heterocycles. The Morgan fingerprint density at radius 1 is 1.36 bits per heavy atom. The van der Waals surface area contributed by atoms with Crippen LogP contribution in [0.4, 0.5) is 0 Å². The lowest BCUT2D eigenvalue weighted by Gasteiger charge is -2.42. The quantitative estimate of drug-likeness (QED) is 0.736. The van der Waals surface area contributed by atoms with E-state index in [2.05, 4.69) is 32.6 Å². The summed E-state index contributed by atoms with van der Waals surface area (Å²) in [6.45, 7) is 12.5. The van der Waals surface area contributed by atoms with Crippen LogP contribution in [0.1, 0.15) is 40.5 Å². The van der Waals surface area contributed by atoms with Crippen molar-refractivity contribution in [1.29, 1.82) is 0 Å². The minimum atomic E-state index is 0.393. The molecule has 1 rings (SSSR count). The maximum absolute atomic E-state index is 5.86. The standard InChI is InChI=1S/C12H26N2/c1-10-6-5-7-14(11(10)8-13)9-12(2,3)4/h10-11H,5-9,13H2,1-4H3. The minimum Gasteiger partial charge on any atom is -0.329 e. The molecule has 0 aromatic carbocycles. The lowest BCUT2D eigenvalue weighted by molar-refractivity contribution is 0.0722. The predicted molar refractivity (Wildman–Crippen MR) is 62.3 cm³/mol. The van der Waals surface area contributed by atoms with Crippen molar-refractivity contribution < 1.29 is 0 Å². The zero-order valence-corrected chi connectivity index (χ0v) is 10.2. The summed E-state index contributed by atoms with van der Waals surface area (Å²) in [7, 11) is 0. The number of hydrogen-bond donors (Lipinski definition) is 1. The summed E-state index contributed by atoms with van der Waals surface area (Å²) in [5.74, 6) is 0.774. The topological polar surface area (TPSA) is 29.3 Å². The molecule has 84 valence electrons. The molecule has 0 aromatic rings. The molecule has 1 fully saturated rings. The first-order valence-corrected chi connectivity index (χ1v) is 5.88. The van der Waals surface area contributed by atoms with E-state index in [1.54, 1.807) is 0 Å². The summed E-state index contributed by atoms with van der Waals surface area (Å²) in [5.41, 5.74) is 6.25. The van der Waals surface area contributed by atoms with Crippen LogP contribution < -0.4 is 5.73 Å². The minimum absolute atomic E-state index is 0.393. The van der Waals surface area contributed by atoms with E-state index in [0.29, 0.717) is 11.5 Å². The van der Waals surface area contributed by atoms with Crippen LogP contribution in [0.15, 0.2) is 0 Å². The molecule has 14 heavy (non-hydrogen) atoms. The molecule has 2 unspecified atom stereocenters. The van der Waals surface area contributed by atoms with Gasteiger partial charge >= 0.3 is 0 Å². The van der Waals surface area contributed by atoms with Gasteiger partial charge in [-0.15, -0.1) is 0 Å². The fraction of sp³-hybridized carbons (Fsp3) is 1.00. The molecule has 2 atom stereocenters. The molecular weight excluding hydrogens is 172 g/mol. The van der Waals surface area contributed by atoms with Gasteiger partial charge in [-0.25, -0.2) is 0 Å². The van der Waals surface area contributed by atoms with Crippen molar-refractivity contribution >= 4 is 0 Å². The van der Waals surface area contributed by atoms with Gasteiger partial charge in [-0.1, -0.05) is 27.7 Å². The van der Waals surface area contributed by atoms with Crippen molar-refractivity contribution in [3.8, 4) is 0 Å². The van der Waals surface area contributed by atoms with Crippen molar-refractivity contribution in [2.24, 2.45) is 17.1 Å². The molecule has 0 bridgehead atoms. The first-order valence-electron chi connectivity index (χ1n) is 5.88. The Morgan fingerprint density at radius 3 is 2.50 bits per heavy atom. The largest absolute Gasteiger partial charge is 0.329 e. The van der Waals surface area contributed by atoms with E-state index in [-0.39, 0.29) is 0 Å². The zero-order chi connectivity index (χ0) is 10.8. The Morgan fingerprint density at radius 2 is 2.00 bits per heavy atom. The summed E-state index contributed by atoms with van der Waals surface area (Å²) in [5, 5.41) is 0. The Balaban J connectivity index is 2.56. The third kappa shape index (κ3) is 3.25. The number of likely N-dealkylation sites (tertiary alicyclic amines) is 1. The summed E-state index contributed by atoms with van der Waals surface area (Å²) in [6, 6.07) is 0.614. The first kappa shape index (κ1) is 12.0. The van der Waals surface area contributed by atoms with Gasteiger partial charge < -0.3 is 5.73 Å². The average molecular weight is 198 g/mol. The predicted octanol–water partition coefficient (Wildman–Crippen LogP) is 2.09. The maximum atomic E-state index is 5.86. The Bertz CT molecular complexity index is 172. The Labute approximate surface area is 88.8 Å². The lowest BCUT2D eigenvalue weighted by Crippen LogP contribution is -2.51. The van der Waals surface area contributed by atoms with Crippen LogP contribution >= 0.6 is 0 Å². The third-order valence-corrected chi connectivity index (χ3v) is 3.15. The molecule has 0 saturated carbocycles. The normalized spacial score (nSPS) is 30.6. The Hall–Kier alpha value is -0.0800. The SMILES string of the molecule is CC1CCCN(CC(C)(C)C)C1CN. The smallest absolute Gasteiger partial charge is 0.0244 e. The van der Waals surface area contributed by atoms with Gasteiger partial charge in [0.2, 0.25) is 0 Å². The highest BCUT2D eigenvalue weighted by molar-refractivity contribution is 4.84. The summed E-state index contributed by atoms with van der Waals surface area (Å²) >= 11 is 0. The summed E-state index contributed by atoms with van der Waals surface area (Å²) in [4.78, 5) is 2.59. The molecule has 1 aliphatic rings. The second-order valence-electron chi connectivity index (χ2n) is 5.95. The monoisotopic (exact) mass is 198 g/mol. The van der Waals surface area contributed by atoms with Crippen molar-refractivity contribution in [3.05, 3.63) is 0 Å². The van der Waals surface area contributed by atoms with E-state index in [0.717, 1.165) is 12.5 Å². The summed E-state index contributed by atoms with van der Waals surface area (Å²) in [6.07, 6.45) is 2.69. The molecule has 1 heterocycles. The van der Waals surface area contributed by atoms with Gasteiger partial charge in [0.1, 0.15) is 0 Å². The second kappa shape index (κ2) is 4.63. The average Bonchev–Trinajstić information content (AvgIpc) is 2.01. The van der Waals surface area contributed by atoms with Crippen LogP contribution in [-0.4, -0.2) is 30.6 Å². The fourth-order valence-corrected chi connectivity index (χ4v) is 2.52. The van der Waals surface area contributed by atoms with Crippen molar-refractivity contribution in [2.45, 2.75) is 46.6 Å².